The van der Waals surface area contributed by atoms with Gasteiger partial charge in [-0.3, -0.25) is 19.2 Å². The first-order chi connectivity index (χ1) is 12.6. The number of nitro benzene ring substituents is 1. The number of anilines is 1. The Morgan fingerprint density at radius 2 is 1.96 bits per heavy atom. The Kier molecular flexibility index (Phi) is 5.91. The zero-order valence-electron chi connectivity index (χ0n) is 14.2. The number of sulfonamides is 1. The molecule has 0 bridgehead atoms. The van der Waals surface area contributed by atoms with Crippen LogP contribution in [0, 0.1) is 17.0 Å². The van der Waals surface area contributed by atoms with E-state index in [0.29, 0.717) is 15.6 Å². The maximum atomic E-state index is 13.0. The zero-order valence-corrected chi connectivity index (χ0v) is 15.8. The summed E-state index contributed by atoms with van der Waals surface area (Å²) in [4.78, 5) is 21.3. The molecule has 0 aliphatic carbocycles. The second-order valence-electron chi connectivity index (χ2n) is 5.43. The van der Waals surface area contributed by atoms with E-state index in [0.717, 1.165) is 18.2 Å². The maximum absolute atomic E-state index is 13.0. The number of carboxylic acids is 1. The van der Waals surface area contributed by atoms with Gasteiger partial charge in [-0.05, 0) is 36.8 Å². The monoisotopic (exact) mass is 414 g/mol. The molecule has 2 rings (SSSR count). The van der Waals surface area contributed by atoms with Gasteiger partial charge in [-0.25, -0.2) is 8.42 Å². The van der Waals surface area contributed by atoms with Crippen LogP contribution in [0.3, 0.4) is 0 Å². The van der Waals surface area contributed by atoms with Gasteiger partial charge in [0.05, 0.1) is 27.6 Å². The Hall–Kier alpha value is -2.85. The number of carbonyl (C=O) groups is 1. The van der Waals surface area contributed by atoms with Gasteiger partial charge in [0, 0.05) is 12.1 Å². The van der Waals surface area contributed by atoms with Crippen LogP contribution >= 0.6 is 11.6 Å². The van der Waals surface area contributed by atoms with Gasteiger partial charge in [-0.2, -0.15) is 0 Å². The summed E-state index contributed by atoms with van der Waals surface area (Å²) in [6.07, 6.45) is 0. The Morgan fingerprint density at radius 1 is 1.30 bits per heavy atom. The standard InChI is InChI=1S/C16H15ClN2O7S/c1-10-7-12(4-6-15(10)26-2)27(24,25)18(9-16(20)21)14-8-11(19(22)23)3-5-13(14)17/h3-8H,9H2,1-2H3,(H,20,21). The number of hydrogen-bond acceptors (Lipinski definition) is 6. The van der Waals surface area contributed by atoms with Gasteiger partial charge in [0.1, 0.15) is 12.3 Å². The lowest BCUT2D eigenvalue weighted by molar-refractivity contribution is -0.384. The highest BCUT2D eigenvalue weighted by Crippen LogP contribution is 2.34. The molecule has 2 aromatic carbocycles. The number of benzene rings is 2. The highest BCUT2D eigenvalue weighted by Gasteiger charge is 2.30. The maximum Gasteiger partial charge on any atom is 0.324 e. The molecular weight excluding hydrogens is 400 g/mol. The van der Waals surface area contributed by atoms with Crippen molar-refractivity contribution in [2.75, 3.05) is 18.0 Å². The number of aryl methyl sites for hydroxylation is 1. The van der Waals surface area contributed by atoms with Crippen LogP contribution in [0.4, 0.5) is 11.4 Å². The van der Waals surface area contributed by atoms with Crippen molar-refractivity contribution in [3.8, 4) is 5.75 Å². The second-order valence-corrected chi connectivity index (χ2v) is 7.70. The summed E-state index contributed by atoms with van der Waals surface area (Å²) in [6.45, 7) is 0.661. The molecular formula is C16H15ClN2O7S. The summed E-state index contributed by atoms with van der Waals surface area (Å²) < 4.78 is 31.7. The molecule has 0 unspecified atom stereocenters. The second kappa shape index (κ2) is 7.80. The van der Waals surface area contributed by atoms with Crippen molar-refractivity contribution in [3.63, 3.8) is 0 Å². The number of ether oxygens (including phenoxy) is 1. The highest BCUT2D eigenvalue weighted by atomic mass is 35.5. The van der Waals surface area contributed by atoms with Gasteiger partial charge in [0.25, 0.3) is 15.7 Å². The molecule has 11 heteroatoms. The van der Waals surface area contributed by atoms with Crippen molar-refractivity contribution >= 4 is 39.0 Å². The number of rotatable bonds is 7. The van der Waals surface area contributed by atoms with E-state index in [-0.39, 0.29) is 15.6 Å². The van der Waals surface area contributed by atoms with Crippen LogP contribution in [0.1, 0.15) is 5.56 Å². The zero-order chi connectivity index (χ0) is 20.4. The van der Waals surface area contributed by atoms with E-state index in [1.165, 1.54) is 25.3 Å². The Morgan fingerprint density at radius 3 is 2.48 bits per heavy atom. The van der Waals surface area contributed by atoms with E-state index in [4.69, 9.17) is 21.4 Å². The van der Waals surface area contributed by atoms with E-state index in [9.17, 15) is 23.3 Å². The van der Waals surface area contributed by atoms with Crippen LogP contribution in [0.15, 0.2) is 41.3 Å². The molecule has 0 aromatic heterocycles. The number of aliphatic carboxylic acids is 1. The van der Waals surface area contributed by atoms with Crippen molar-refractivity contribution in [3.05, 3.63) is 57.1 Å². The predicted molar refractivity (Wildman–Crippen MR) is 98.0 cm³/mol. The number of nitro groups is 1. The number of nitrogens with zero attached hydrogens (tertiary/aromatic N) is 2. The normalized spacial score (nSPS) is 11.1. The minimum Gasteiger partial charge on any atom is -0.496 e. The number of carboxylic acid groups (broad SMARTS) is 1. The summed E-state index contributed by atoms with van der Waals surface area (Å²) in [5.41, 5.74) is -0.216. The van der Waals surface area contributed by atoms with Gasteiger partial charge in [0.2, 0.25) is 0 Å². The van der Waals surface area contributed by atoms with Crippen LogP contribution in [-0.2, 0) is 14.8 Å². The molecule has 0 saturated heterocycles. The molecule has 0 spiro atoms. The molecule has 1 N–H and O–H groups in total. The molecule has 2 aromatic rings. The average molecular weight is 415 g/mol. The number of methoxy groups -OCH3 is 1. The molecule has 0 amide bonds. The number of hydrogen-bond donors (Lipinski definition) is 1. The van der Waals surface area contributed by atoms with Crippen LogP contribution in [0.2, 0.25) is 5.02 Å². The first-order valence-electron chi connectivity index (χ1n) is 7.41. The van der Waals surface area contributed by atoms with Crippen molar-refractivity contribution in [2.24, 2.45) is 0 Å². The summed E-state index contributed by atoms with van der Waals surface area (Å²) >= 11 is 6.01. The fourth-order valence-corrected chi connectivity index (χ4v) is 4.15. The Bertz CT molecular complexity index is 1010. The van der Waals surface area contributed by atoms with E-state index >= 15 is 0 Å². The summed E-state index contributed by atoms with van der Waals surface area (Å²) in [6, 6.07) is 7.14. The van der Waals surface area contributed by atoms with E-state index in [1.807, 2.05) is 0 Å². The van der Waals surface area contributed by atoms with Crippen LogP contribution < -0.4 is 9.04 Å². The fourth-order valence-electron chi connectivity index (χ4n) is 2.37. The average Bonchev–Trinajstić information content (AvgIpc) is 2.59. The largest absolute Gasteiger partial charge is 0.496 e. The SMILES string of the molecule is COc1ccc(S(=O)(=O)N(CC(=O)O)c2cc([N+](=O)[O-])ccc2Cl)cc1C. The minimum absolute atomic E-state index is 0.143. The smallest absolute Gasteiger partial charge is 0.324 e. The van der Waals surface area contributed by atoms with Crippen molar-refractivity contribution in [1.29, 1.82) is 0 Å². The first-order valence-corrected chi connectivity index (χ1v) is 9.23. The highest BCUT2D eigenvalue weighted by molar-refractivity contribution is 7.92. The number of non-ortho nitro benzene ring substituents is 1. The molecule has 0 heterocycles. The molecule has 9 nitrogen and oxygen atoms in total. The topological polar surface area (TPSA) is 127 Å². The summed E-state index contributed by atoms with van der Waals surface area (Å²) in [5, 5.41) is 20.0. The minimum atomic E-state index is -4.37. The predicted octanol–water partition coefficient (Wildman–Crippen LogP) is 2.85. The third kappa shape index (κ3) is 4.29. The van der Waals surface area contributed by atoms with Gasteiger partial charge in [0.15, 0.2) is 0 Å². The van der Waals surface area contributed by atoms with Gasteiger partial charge < -0.3 is 9.84 Å². The summed E-state index contributed by atoms with van der Waals surface area (Å²) in [7, 11) is -2.95. The lowest BCUT2D eigenvalue weighted by Gasteiger charge is -2.24. The molecule has 144 valence electrons. The van der Waals surface area contributed by atoms with E-state index in [1.54, 1.807) is 6.92 Å². The van der Waals surface area contributed by atoms with Crippen molar-refractivity contribution in [1.82, 2.24) is 0 Å². The third-order valence-corrected chi connectivity index (χ3v) is 5.72. The van der Waals surface area contributed by atoms with Crippen LogP contribution in [0.5, 0.6) is 5.75 Å². The molecule has 0 atom stereocenters. The molecule has 27 heavy (non-hydrogen) atoms. The van der Waals surface area contributed by atoms with Crippen molar-refractivity contribution < 1.29 is 28.0 Å². The van der Waals surface area contributed by atoms with Gasteiger partial charge in [-0.1, -0.05) is 11.6 Å². The van der Waals surface area contributed by atoms with Crippen molar-refractivity contribution in [2.45, 2.75) is 11.8 Å². The summed E-state index contributed by atoms with van der Waals surface area (Å²) in [5.74, 6) is -1.00. The molecule has 0 radical (unpaired) electrons. The lowest BCUT2D eigenvalue weighted by atomic mass is 10.2. The molecule has 0 fully saturated rings. The quantitative estimate of drug-likeness (QED) is 0.545. The van der Waals surface area contributed by atoms with Gasteiger partial charge in [-0.15, -0.1) is 0 Å². The number of halogens is 1. The van der Waals surface area contributed by atoms with Crippen LogP contribution in [0.25, 0.3) is 0 Å². The third-order valence-electron chi connectivity index (χ3n) is 3.64. The van der Waals surface area contributed by atoms with Crippen LogP contribution in [-0.4, -0.2) is 38.1 Å². The molecule has 0 aliphatic rings. The first kappa shape index (κ1) is 20.5. The Balaban J connectivity index is 2.66. The Labute approximate surface area is 159 Å². The lowest BCUT2D eigenvalue weighted by Crippen LogP contribution is -2.36. The fraction of sp³-hybridized carbons (Fsp3) is 0.188. The van der Waals surface area contributed by atoms with Gasteiger partial charge >= 0.3 is 5.97 Å². The molecule has 0 saturated carbocycles. The van der Waals surface area contributed by atoms with E-state index < -0.39 is 33.1 Å². The van der Waals surface area contributed by atoms with E-state index in [2.05, 4.69) is 0 Å². The molecule has 0 aliphatic heterocycles.